The highest BCUT2D eigenvalue weighted by Gasteiger charge is 2.28. The van der Waals surface area contributed by atoms with Crippen molar-refractivity contribution in [3.63, 3.8) is 0 Å². The standard InChI is InChI=1S/C18H36N6O6/c1-11(18(29)30)22-17(28)14(10-25)24-16(27)13(7-3-5-9-20)23-15(26)12(21)6-2-4-8-19/h11-14,25H,2-10,19-21H2,1H3,(H,22,28)(H,23,26)(H,24,27)(H,29,30). The summed E-state index contributed by atoms with van der Waals surface area (Å²) in [5, 5.41) is 25.4. The molecule has 12 nitrogen and oxygen atoms in total. The fourth-order valence-corrected chi connectivity index (χ4v) is 2.52. The Labute approximate surface area is 176 Å². The maximum atomic E-state index is 12.6. The summed E-state index contributed by atoms with van der Waals surface area (Å²) in [6.45, 7) is 1.41. The molecule has 30 heavy (non-hydrogen) atoms. The second-order valence-corrected chi connectivity index (χ2v) is 7.05. The summed E-state index contributed by atoms with van der Waals surface area (Å²) in [4.78, 5) is 47.9. The minimum absolute atomic E-state index is 0.260. The molecule has 0 aromatic heterocycles. The maximum absolute atomic E-state index is 12.6. The predicted octanol–water partition coefficient (Wildman–Crippen LogP) is -2.88. The molecule has 0 spiro atoms. The number of amides is 3. The van der Waals surface area contributed by atoms with Gasteiger partial charge in [-0.1, -0.05) is 6.42 Å². The molecule has 0 bridgehead atoms. The molecule has 12 heteroatoms. The van der Waals surface area contributed by atoms with Gasteiger partial charge in [-0.15, -0.1) is 0 Å². The fourth-order valence-electron chi connectivity index (χ4n) is 2.52. The van der Waals surface area contributed by atoms with Crippen LogP contribution in [0.15, 0.2) is 0 Å². The first-order chi connectivity index (χ1) is 14.2. The lowest BCUT2D eigenvalue weighted by Gasteiger charge is -2.24. The number of hydrogen-bond acceptors (Lipinski definition) is 8. The van der Waals surface area contributed by atoms with E-state index in [0.717, 1.165) is 6.42 Å². The molecule has 0 aliphatic heterocycles. The molecule has 11 N–H and O–H groups in total. The van der Waals surface area contributed by atoms with Crippen LogP contribution in [-0.4, -0.2) is 77.8 Å². The Kier molecular flexibility index (Phi) is 14.4. The minimum Gasteiger partial charge on any atom is -0.480 e. The number of nitrogens with two attached hydrogens (primary N) is 3. The van der Waals surface area contributed by atoms with E-state index >= 15 is 0 Å². The summed E-state index contributed by atoms with van der Waals surface area (Å²) in [6.07, 6.45) is 3.24. The number of aliphatic carboxylic acids is 1. The molecule has 0 fully saturated rings. The van der Waals surface area contributed by atoms with Crippen LogP contribution in [0.5, 0.6) is 0 Å². The Balaban J connectivity index is 5.02. The molecule has 4 atom stereocenters. The Hall–Kier alpha value is -2.28. The van der Waals surface area contributed by atoms with E-state index in [-0.39, 0.29) is 6.42 Å². The van der Waals surface area contributed by atoms with E-state index < -0.39 is 54.5 Å². The Morgan fingerprint density at radius 1 is 0.800 bits per heavy atom. The maximum Gasteiger partial charge on any atom is 0.325 e. The summed E-state index contributed by atoms with van der Waals surface area (Å²) in [5.41, 5.74) is 16.7. The number of carbonyl (C=O) groups is 4. The second kappa shape index (κ2) is 15.5. The number of rotatable bonds is 16. The van der Waals surface area contributed by atoms with Crippen LogP contribution in [0.1, 0.15) is 45.4 Å². The second-order valence-electron chi connectivity index (χ2n) is 7.05. The van der Waals surface area contributed by atoms with E-state index in [1.165, 1.54) is 6.92 Å². The predicted molar refractivity (Wildman–Crippen MR) is 110 cm³/mol. The summed E-state index contributed by atoms with van der Waals surface area (Å²) < 4.78 is 0. The van der Waals surface area contributed by atoms with Crippen molar-refractivity contribution >= 4 is 23.7 Å². The zero-order valence-electron chi connectivity index (χ0n) is 17.4. The highest BCUT2D eigenvalue weighted by molar-refractivity contribution is 5.94. The first-order valence-corrected chi connectivity index (χ1v) is 10.1. The van der Waals surface area contributed by atoms with E-state index in [4.69, 9.17) is 22.3 Å². The molecule has 0 aromatic rings. The minimum atomic E-state index is -1.37. The normalized spacial score (nSPS) is 14.8. The lowest BCUT2D eigenvalue weighted by atomic mass is 10.1. The van der Waals surface area contributed by atoms with Crippen molar-refractivity contribution in [2.75, 3.05) is 19.7 Å². The van der Waals surface area contributed by atoms with Crippen LogP contribution in [-0.2, 0) is 19.2 Å². The van der Waals surface area contributed by atoms with Gasteiger partial charge in [0.1, 0.15) is 18.1 Å². The van der Waals surface area contributed by atoms with Crippen molar-refractivity contribution in [3.05, 3.63) is 0 Å². The van der Waals surface area contributed by atoms with Crippen LogP contribution in [0.3, 0.4) is 0 Å². The van der Waals surface area contributed by atoms with E-state index in [2.05, 4.69) is 16.0 Å². The van der Waals surface area contributed by atoms with Crippen molar-refractivity contribution in [2.45, 2.75) is 69.6 Å². The first-order valence-electron chi connectivity index (χ1n) is 10.1. The van der Waals surface area contributed by atoms with Gasteiger partial charge < -0.3 is 43.4 Å². The average molecular weight is 433 g/mol. The fraction of sp³-hybridized carbons (Fsp3) is 0.778. The van der Waals surface area contributed by atoms with Gasteiger partial charge in [-0.05, 0) is 52.1 Å². The zero-order valence-corrected chi connectivity index (χ0v) is 17.4. The van der Waals surface area contributed by atoms with Gasteiger partial charge in [-0.3, -0.25) is 19.2 Å². The molecule has 0 saturated carbocycles. The first kappa shape index (κ1) is 27.7. The lowest BCUT2D eigenvalue weighted by Crippen LogP contribution is -2.57. The Morgan fingerprint density at radius 3 is 1.80 bits per heavy atom. The van der Waals surface area contributed by atoms with Crippen molar-refractivity contribution in [2.24, 2.45) is 17.2 Å². The molecule has 0 aliphatic rings. The zero-order chi connectivity index (χ0) is 23.1. The number of carboxylic acid groups (broad SMARTS) is 1. The third kappa shape index (κ3) is 11.0. The smallest absolute Gasteiger partial charge is 0.325 e. The topological polar surface area (TPSA) is 223 Å². The van der Waals surface area contributed by atoms with Crippen LogP contribution >= 0.6 is 0 Å². The number of carboxylic acids is 1. The summed E-state index contributed by atoms with van der Waals surface area (Å²) in [6, 6.07) is -4.36. The number of aliphatic hydroxyl groups is 1. The highest BCUT2D eigenvalue weighted by Crippen LogP contribution is 2.04. The number of nitrogens with one attached hydrogen (secondary N) is 3. The van der Waals surface area contributed by atoms with Crippen molar-refractivity contribution in [1.29, 1.82) is 0 Å². The van der Waals surface area contributed by atoms with Gasteiger partial charge in [0.05, 0.1) is 12.6 Å². The molecule has 4 unspecified atom stereocenters. The molecule has 0 aliphatic carbocycles. The van der Waals surface area contributed by atoms with Gasteiger partial charge >= 0.3 is 5.97 Å². The molecule has 0 heterocycles. The van der Waals surface area contributed by atoms with Gasteiger partial charge in [0, 0.05) is 0 Å². The Morgan fingerprint density at radius 2 is 1.30 bits per heavy atom. The SMILES string of the molecule is CC(NC(=O)C(CO)NC(=O)C(CCCCN)NC(=O)C(N)CCCCN)C(=O)O. The summed E-state index contributed by atoms with van der Waals surface area (Å²) in [5.74, 6) is -3.32. The number of carbonyl (C=O) groups excluding carboxylic acids is 3. The number of aliphatic hydroxyl groups excluding tert-OH is 1. The largest absolute Gasteiger partial charge is 0.480 e. The average Bonchev–Trinajstić information content (AvgIpc) is 2.70. The van der Waals surface area contributed by atoms with E-state index in [1.54, 1.807) is 0 Å². The lowest BCUT2D eigenvalue weighted by molar-refractivity contribution is -0.142. The van der Waals surface area contributed by atoms with Crippen molar-refractivity contribution in [1.82, 2.24) is 16.0 Å². The van der Waals surface area contributed by atoms with Gasteiger partial charge in [0.25, 0.3) is 0 Å². The van der Waals surface area contributed by atoms with Crippen molar-refractivity contribution in [3.8, 4) is 0 Å². The molecular formula is C18H36N6O6. The molecule has 174 valence electrons. The number of hydrogen-bond donors (Lipinski definition) is 8. The van der Waals surface area contributed by atoms with Crippen LogP contribution in [0.25, 0.3) is 0 Å². The molecule has 0 rings (SSSR count). The van der Waals surface area contributed by atoms with Gasteiger partial charge in [0.2, 0.25) is 17.7 Å². The van der Waals surface area contributed by atoms with Gasteiger partial charge in [-0.25, -0.2) is 0 Å². The third-order valence-electron chi connectivity index (χ3n) is 4.43. The van der Waals surface area contributed by atoms with E-state index in [0.29, 0.717) is 38.8 Å². The van der Waals surface area contributed by atoms with Gasteiger partial charge in [-0.2, -0.15) is 0 Å². The molecule has 0 aromatic carbocycles. The van der Waals surface area contributed by atoms with Crippen LogP contribution in [0, 0.1) is 0 Å². The quantitative estimate of drug-likeness (QED) is 0.117. The highest BCUT2D eigenvalue weighted by atomic mass is 16.4. The Bertz CT molecular complexity index is 561. The van der Waals surface area contributed by atoms with Crippen LogP contribution in [0.2, 0.25) is 0 Å². The van der Waals surface area contributed by atoms with Gasteiger partial charge in [0.15, 0.2) is 0 Å². The van der Waals surface area contributed by atoms with E-state index in [9.17, 15) is 24.3 Å². The summed E-state index contributed by atoms with van der Waals surface area (Å²) >= 11 is 0. The number of unbranched alkanes of at least 4 members (excludes halogenated alkanes) is 2. The summed E-state index contributed by atoms with van der Waals surface area (Å²) in [7, 11) is 0. The van der Waals surface area contributed by atoms with Crippen LogP contribution < -0.4 is 33.2 Å². The monoisotopic (exact) mass is 432 g/mol. The van der Waals surface area contributed by atoms with Crippen molar-refractivity contribution < 1.29 is 29.4 Å². The third-order valence-corrected chi connectivity index (χ3v) is 4.43. The van der Waals surface area contributed by atoms with Crippen LogP contribution in [0.4, 0.5) is 0 Å². The molecular weight excluding hydrogens is 396 g/mol. The van der Waals surface area contributed by atoms with E-state index in [1.807, 2.05) is 0 Å². The molecule has 3 amide bonds. The molecule has 0 saturated heterocycles. The molecule has 0 radical (unpaired) electrons.